The van der Waals surface area contributed by atoms with Gasteiger partial charge in [-0.2, -0.15) is 0 Å². The predicted octanol–water partition coefficient (Wildman–Crippen LogP) is 3.09. The van der Waals surface area contributed by atoms with E-state index in [2.05, 4.69) is 10.6 Å². The highest BCUT2D eigenvalue weighted by atomic mass is 35.5. The second-order valence-electron chi connectivity index (χ2n) is 4.20. The summed E-state index contributed by atoms with van der Waals surface area (Å²) in [6.07, 6.45) is 0. The summed E-state index contributed by atoms with van der Waals surface area (Å²) in [5, 5.41) is 5.09. The van der Waals surface area contributed by atoms with E-state index in [0.29, 0.717) is 11.3 Å². The van der Waals surface area contributed by atoms with Crippen LogP contribution in [-0.2, 0) is 0 Å². The minimum atomic E-state index is -0.526. The number of para-hydroxylation sites is 1. The Morgan fingerprint density at radius 2 is 1.76 bits per heavy atom. The summed E-state index contributed by atoms with van der Waals surface area (Å²) < 4.78 is 13.0. The van der Waals surface area contributed by atoms with Gasteiger partial charge in [0.2, 0.25) is 0 Å². The summed E-state index contributed by atoms with van der Waals surface area (Å²) in [5.74, 6) is -1.37. The number of hydrogen-bond donors (Lipinski definition) is 2. The van der Waals surface area contributed by atoms with E-state index >= 15 is 0 Å². The molecule has 2 N–H and O–H groups in total. The molecular weight excluding hydrogens is 295 g/mol. The molecule has 0 aliphatic carbocycles. The minimum Gasteiger partial charge on any atom is -0.355 e. The SMILES string of the molecule is CNC(=O)c1ccccc1NC(=O)c1ccc(F)cc1Cl. The summed E-state index contributed by atoms with van der Waals surface area (Å²) in [5.41, 5.74) is 0.804. The number of nitrogens with one attached hydrogen (secondary N) is 2. The van der Waals surface area contributed by atoms with Crippen LogP contribution in [0.1, 0.15) is 20.7 Å². The molecule has 2 aromatic rings. The molecule has 2 rings (SSSR count). The standard InChI is InChI=1S/C15H12ClFN2O2/c1-18-14(20)11-4-2-3-5-13(11)19-15(21)10-7-6-9(17)8-12(10)16/h2-8H,1H3,(H,18,20)(H,19,21). The molecule has 0 radical (unpaired) electrons. The van der Waals surface area contributed by atoms with E-state index in [4.69, 9.17) is 11.6 Å². The number of halogens is 2. The van der Waals surface area contributed by atoms with Crippen molar-refractivity contribution in [3.05, 3.63) is 64.4 Å². The lowest BCUT2D eigenvalue weighted by Crippen LogP contribution is -2.21. The first-order valence-electron chi connectivity index (χ1n) is 6.10. The molecule has 0 unspecified atom stereocenters. The van der Waals surface area contributed by atoms with Crippen LogP contribution in [0, 0.1) is 5.82 Å². The fourth-order valence-electron chi connectivity index (χ4n) is 1.79. The zero-order chi connectivity index (χ0) is 15.4. The zero-order valence-electron chi connectivity index (χ0n) is 11.1. The van der Waals surface area contributed by atoms with E-state index in [9.17, 15) is 14.0 Å². The third-order valence-corrected chi connectivity index (χ3v) is 3.14. The van der Waals surface area contributed by atoms with Gasteiger partial charge in [-0.25, -0.2) is 4.39 Å². The first kappa shape index (κ1) is 15.0. The van der Waals surface area contributed by atoms with Crippen molar-refractivity contribution in [2.75, 3.05) is 12.4 Å². The monoisotopic (exact) mass is 306 g/mol. The van der Waals surface area contributed by atoms with E-state index in [1.165, 1.54) is 13.1 Å². The Labute approximate surface area is 125 Å². The van der Waals surface area contributed by atoms with Crippen molar-refractivity contribution >= 4 is 29.1 Å². The molecule has 21 heavy (non-hydrogen) atoms. The Kier molecular flexibility index (Phi) is 4.55. The summed E-state index contributed by atoms with van der Waals surface area (Å²) in [6.45, 7) is 0. The summed E-state index contributed by atoms with van der Waals surface area (Å²) in [6, 6.07) is 10.0. The van der Waals surface area contributed by atoms with Gasteiger partial charge in [-0.15, -0.1) is 0 Å². The first-order chi connectivity index (χ1) is 10.0. The molecule has 0 atom stereocenters. The highest BCUT2D eigenvalue weighted by Crippen LogP contribution is 2.20. The predicted molar refractivity (Wildman–Crippen MR) is 79.2 cm³/mol. The average Bonchev–Trinajstić information content (AvgIpc) is 2.46. The second-order valence-corrected chi connectivity index (χ2v) is 4.61. The fraction of sp³-hybridized carbons (Fsp3) is 0.0667. The van der Waals surface area contributed by atoms with Crippen LogP contribution < -0.4 is 10.6 Å². The fourth-order valence-corrected chi connectivity index (χ4v) is 2.04. The van der Waals surface area contributed by atoms with Gasteiger partial charge >= 0.3 is 0 Å². The smallest absolute Gasteiger partial charge is 0.257 e. The molecule has 0 aliphatic rings. The number of carbonyl (C=O) groups excluding carboxylic acids is 2. The van der Waals surface area contributed by atoms with Crippen LogP contribution in [0.5, 0.6) is 0 Å². The van der Waals surface area contributed by atoms with Gasteiger partial charge in [-0.3, -0.25) is 9.59 Å². The maximum Gasteiger partial charge on any atom is 0.257 e. The van der Waals surface area contributed by atoms with Gasteiger partial charge in [0.1, 0.15) is 5.82 Å². The van der Waals surface area contributed by atoms with Crippen molar-refractivity contribution in [2.24, 2.45) is 0 Å². The Bertz CT molecular complexity index is 704. The minimum absolute atomic E-state index is 0.00456. The number of rotatable bonds is 3. The number of hydrogen-bond acceptors (Lipinski definition) is 2. The van der Waals surface area contributed by atoms with Gasteiger partial charge in [0.25, 0.3) is 11.8 Å². The van der Waals surface area contributed by atoms with E-state index < -0.39 is 11.7 Å². The summed E-state index contributed by atoms with van der Waals surface area (Å²) in [7, 11) is 1.50. The lowest BCUT2D eigenvalue weighted by atomic mass is 10.1. The van der Waals surface area contributed by atoms with Crippen molar-refractivity contribution in [3.8, 4) is 0 Å². The molecule has 6 heteroatoms. The molecule has 0 aromatic heterocycles. The quantitative estimate of drug-likeness (QED) is 0.915. The first-order valence-corrected chi connectivity index (χ1v) is 6.48. The molecule has 0 saturated heterocycles. The Morgan fingerprint density at radius 1 is 1.05 bits per heavy atom. The molecule has 0 saturated carbocycles. The number of amides is 2. The summed E-state index contributed by atoms with van der Waals surface area (Å²) >= 11 is 5.84. The van der Waals surface area contributed by atoms with Gasteiger partial charge in [0.15, 0.2) is 0 Å². The van der Waals surface area contributed by atoms with Crippen LogP contribution in [0.3, 0.4) is 0 Å². The topological polar surface area (TPSA) is 58.2 Å². The van der Waals surface area contributed by atoms with Crippen LogP contribution in [0.15, 0.2) is 42.5 Å². The molecule has 4 nitrogen and oxygen atoms in total. The molecule has 0 fully saturated rings. The van der Waals surface area contributed by atoms with Crippen LogP contribution in [0.2, 0.25) is 5.02 Å². The molecule has 2 amide bonds. The van der Waals surface area contributed by atoms with Crippen molar-refractivity contribution in [1.29, 1.82) is 0 Å². The molecule has 0 spiro atoms. The number of benzene rings is 2. The van der Waals surface area contributed by atoms with Gasteiger partial charge in [-0.1, -0.05) is 23.7 Å². The van der Waals surface area contributed by atoms with Crippen molar-refractivity contribution in [1.82, 2.24) is 5.32 Å². The Balaban J connectivity index is 2.30. The largest absolute Gasteiger partial charge is 0.355 e. The second kappa shape index (κ2) is 6.37. The Hall–Kier alpha value is -2.40. The van der Waals surface area contributed by atoms with Crippen molar-refractivity contribution < 1.29 is 14.0 Å². The third-order valence-electron chi connectivity index (χ3n) is 2.82. The van der Waals surface area contributed by atoms with E-state index in [0.717, 1.165) is 12.1 Å². The number of anilines is 1. The van der Waals surface area contributed by atoms with Gasteiger partial charge in [0.05, 0.1) is 21.8 Å². The van der Waals surface area contributed by atoms with Crippen LogP contribution >= 0.6 is 11.6 Å². The molecule has 0 aliphatic heterocycles. The van der Waals surface area contributed by atoms with Crippen LogP contribution in [-0.4, -0.2) is 18.9 Å². The average molecular weight is 307 g/mol. The molecule has 0 heterocycles. The van der Waals surface area contributed by atoms with Crippen molar-refractivity contribution in [2.45, 2.75) is 0 Å². The third kappa shape index (κ3) is 3.38. The van der Waals surface area contributed by atoms with E-state index in [-0.39, 0.29) is 16.5 Å². The van der Waals surface area contributed by atoms with E-state index in [1.54, 1.807) is 24.3 Å². The summed E-state index contributed by atoms with van der Waals surface area (Å²) in [4.78, 5) is 23.9. The lowest BCUT2D eigenvalue weighted by Gasteiger charge is -2.10. The van der Waals surface area contributed by atoms with E-state index in [1.807, 2.05) is 0 Å². The van der Waals surface area contributed by atoms with Crippen LogP contribution in [0.4, 0.5) is 10.1 Å². The highest BCUT2D eigenvalue weighted by Gasteiger charge is 2.15. The van der Waals surface area contributed by atoms with Gasteiger partial charge < -0.3 is 10.6 Å². The van der Waals surface area contributed by atoms with Crippen LogP contribution in [0.25, 0.3) is 0 Å². The molecule has 0 bridgehead atoms. The van der Waals surface area contributed by atoms with Gasteiger partial charge in [0, 0.05) is 7.05 Å². The highest BCUT2D eigenvalue weighted by molar-refractivity contribution is 6.34. The number of carbonyl (C=O) groups is 2. The lowest BCUT2D eigenvalue weighted by molar-refractivity contribution is 0.0964. The maximum absolute atomic E-state index is 13.0. The Morgan fingerprint density at radius 3 is 2.43 bits per heavy atom. The van der Waals surface area contributed by atoms with Crippen molar-refractivity contribution in [3.63, 3.8) is 0 Å². The molecule has 2 aromatic carbocycles. The van der Waals surface area contributed by atoms with Gasteiger partial charge in [-0.05, 0) is 30.3 Å². The maximum atomic E-state index is 13.0. The zero-order valence-corrected chi connectivity index (χ0v) is 11.9. The molecular formula is C15H12ClFN2O2. The normalized spacial score (nSPS) is 10.0. The molecule has 108 valence electrons.